The number of likely N-dealkylation sites (N-methyl/N-ethyl adjacent to an activating group) is 1. The van der Waals surface area contributed by atoms with Gasteiger partial charge in [-0.05, 0) is 61.5 Å². The predicted octanol–water partition coefficient (Wildman–Crippen LogP) is 5.64. The van der Waals surface area contributed by atoms with Crippen LogP contribution in [0.1, 0.15) is 12.5 Å². The zero-order valence-electron chi connectivity index (χ0n) is 18.2. The summed E-state index contributed by atoms with van der Waals surface area (Å²) in [5, 5.41) is 6.00. The number of nitrogens with zero attached hydrogens (tertiary/aromatic N) is 1. The molecule has 34 heavy (non-hydrogen) atoms. The molecule has 0 saturated heterocycles. The lowest BCUT2D eigenvalue weighted by Crippen LogP contribution is -2.23. The van der Waals surface area contributed by atoms with Crippen molar-refractivity contribution in [2.45, 2.75) is 18.5 Å². The normalized spacial score (nSPS) is 14.2. The highest BCUT2D eigenvalue weighted by Crippen LogP contribution is 2.36. The summed E-state index contributed by atoms with van der Waals surface area (Å²) in [7, 11) is 1.94. The standard InChI is InChI=1S/C23H22ClF3N4O3/c1-14(24)21(32)30-20-8-5-16(13-19(20)23(25,26)27)29-22(33)28-15-3-6-17(7-4-15)34-18-9-11-31(2)12-10-18/h3-11,13-14H,12H2,1-2H3,(H,30,32)(H2,28,29,33). The summed E-state index contributed by atoms with van der Waals surface area (Å²) >= 11 is 5.61. The maximum absolute atomic E-state index is 13.5. The van der Waals surface area contributed by atoms with Gasteiger partial charge in [0.05, 0.1) is 11.3 Å². The van der Waals surface area contributed by atoms with E-state index in [0.717, 1.165) is 18.7 Å². The fourth-order valence-electron chi connectivity index (χ4n) is 2.87. The summed E-state index contributed by atoms with van der Waals surface area (Å²) in [6, 6.07) is 8.78. The van der Waals surface area contributed by atoms with Gasteiger partial charge in [-0.3, -0.25) is 4.79 Å². The molecule has 1 aliphatic heterocycles. The number of nitrogens with one attached hydrogen (secondary N) is 3. The number of benzene rings is 2. The lowest BCUT2D eigenvalue weighted by molar-refractivity contribution is -0.136. The van der Waals surface area contributed by atoms with Crippen molar-refractivity contribution in [3.8, 4) is 5.75 Å². The van der Waals surface area contributed by atoms with Crippen LogP contribution in [0.25, 0.3) is 0 Å². The first-order valence-electron chi connectivity index (χ1n) is 10.1. The highest BCUT2D eigenvalue weighted by atomic mass is 35.5. The Morgan fingerprint density at radius 2 is 1.71 bits per heavy atom. The molecule has 2 aromatic rings. The lowest BCUT2D eigenvalue weighted by atomic mass is 10.1. The zero-order valence-corrected chi connectivity index (χ0v) is 19.0. The van der Waals surface area contributed by atoms with Crippen LogP contribution in [0.5, 0.6) is 5.75 Å². The molecule has 3 amide bonds. The quantitative estimate of drug-likeness (QED) is 0.454. The number of hydrogen-bond donors (Lipinski definition) is 3. The first kappa shape index (κ1) is 25.0. The molecule has 0 saturated carbocycles. The van der Waals surface area contributed by atoms with Gasteiger partial charge in [0.25, 0.3) is 0 Å². The molecule has 1 unspecified atom stereocenters. The Bertz CT molecular complexity index is 1120. The van der Waals surface area contributed by atoms with E-state index in [9.17, 15) is 22.8 Å². The van der Waals surface area contributed by atoms with Gasteiger partial charge in [0.2, 0.25) is 5.91 Å². The molecule has 0 fully saturated rings. The minimum atomic E-state index is -4.76. The minimum Gasteiger partial charge on any atom is -0.458 e. The number of amides is 3. The topological polar surface area (TPSA) is 82.7 Å². The number of halogens is 4. The van der Waals surface area contributed by atoms with Crippen molar-refractivity contribution in [2.24, 2.45) is 0 Å². The van der Waals surface area contributed by atoms with Crippen molar-refractivity contribution < 1.29 is 27.5 Å². The largest absolute Gasteiger partial charge is 0.458 e. The molecule has 1 heterocycles. The molecule has 1 aliphatic rings. The van der Waals surface area contributed by atoms with E-state index in [0.29, 0.717) is 17.2 Å². The van der Waals surface area contributed by atoms with Gasteiger partial charge in [-0.25, -0.2) is 4.79 Å². The van der Waals surface area contributed by atoms with E-state index in [1.807, 2.05) is 30.3 Å². The highest BCUT2D eigenvalue weighted by molar-refractivity contribution is 6.32. The Balaban J connectivity index is 1.64. The maximum atomic E-state index is 13.5. The fraction of sp³-hybridized carbons (Fsp3) is 0.217. The Kier molecular flexibility index (Phi) is 7.72. The molecule has 3 N–H and O–H groups in total. The third-order valence-corrected chi connectivity index (χ3v) is 4.82. The number of carbonyl (C=O) groups excluding carboxylic acids is 2. The Labute approximate surface area is 199 Å². The van der Waals surface area contributed by atoms with Crippen molar-refractivity contribution in [2.75, 3.05) is 29.5 Å². The molecule has 0 bridgehead atoms. The minimum absolute atomic E-state index is 0.109. The molecule has 180 valence electrons. The summed E-state index contributed by atoms with van der Waals surface area (Å²) < 4.78 is 46.1. The van der Waals surface area contributed by atoms with E-state index in [-0.39, 0.29) is 5.69 Å². The van der Waals surface area contributed by atoms with Gasteiger partial charge < -0.3 is 25.6 Å². The molecular weight excluding hydrogens is 473 g/mol. The summed E-state index contributed by atoms with van der Waals surface area (Å²) in [4.78, 5) is 26.0. The van der Waals surface area contributed by atoms with Crippen LogP contribution in [0.15, 0.2) is 66.6 Å². The van der Waals surface area contributed by atoms with Crippen LogP contribution < -0.4 is 20.7 Å². The summed E-state index contributed by atoms with van der Waals surface area (Å²) in [5.74, 6) is 0.475. The SMILES string of the molecule is CC(Cl)C(=O)Nc1ccc(NC(=O)Nc2ccc(OC3=CCN(C)C=C3)cc2)cc1C(F)(F)F. The van der Waals surface area contributed by atoms with E-state index in [1.54, 1.807) is 24.3 Å². The van der Waals surface area contributed by atoms with E-state index < -0.39 is 34.7 Å². The smallest absolute Gasteiger partial charge is 0.418 e. The number of rotatable bonds is 6. The maximum Gasteiger partial charge on any atom is 0.418 e. The Hall–Kier alpha value is -3.66. The van der Waals surface area contributed by atoms with Crippen molar-refractivity contribution in [3.63, 3.8) is 0 Å². The van der Waals surface area contributed by atoms with Crippen LogP contribution in [0.2, 0.25) is 0 Å². The third-order valence-electron chi connectivity index (χ3n) is 4.62. The van der Waals surface area contributed by atoms with Gasteiger partial charge in [-0.1, -0.05) is 0 Å². The molecule has 0 radical (unpaired) electrons. The van der Waals surface area contributed by atoms with Crippen LogP contribution in [-0.4, -0.2) is 35.8 Å². The van der Waals surface area contributed by atoms with Crippen LogP contribution >= 0.6 is 11.6 Å². The monoisotopic (exact) mass is 494 g/mol. The Morgan fingerprint density at radius 3 is 2.29 bits per heavy atom. The molecule has 1 atom stereocenters. The van der Waals surface area contributed by atoms with Crippen LogP contribution in [-0.2, 0) is 11.0 Å². The number of carbonyl (C=O) groups is 2. The van der Waals surface area contributed by atoms with Gasteiger partial charge in [0.15, 0.2) is 0 Å². The van der Waals surface area contributed by atoms with E-state index in [4.69, 9.17) is 16.3 Å². The van der Waals surface area contributed by atoms with E-state index in [2.05, 4.69) is 16.0 Å². The summed E-state index contributed by atoms with van der Waals surface area (Å²) in [6.07, 6.45) is 0.867. The molecule has 2 aromatic carbocycles. The van der Waals surface area contributed by atoms with Gasteiger partial charge in [0, 0.05) is 31.2 Å². The average molecular weight is 495 g/mol. The van der Waals surface area contributed by atoms with Gasteiger partial charge in [0.1, 0.15) is 16.9 Å². The van der Waals surface area contributed by atoms with Gasteiger partial charge >= 0.3 is 12.2 Å². The second kappa shape index (κ2) is 10.5. The molecule has 0 aromatic heterocycles. The van der Waals surface area contributed by atoms with Crippen LogP contribution in [0.4, 0.5) is 35.0 Å². The average Bonchev–Trinajstić information content (AvgIpc) is 2.77. The first-order valence-corrected chi connectivity index (χ1v) is 10.6. The lowest BCUT2D eigenvalue weighted by Gasteiger charge is -2.17. The summed E-state index contributed by atoms with van der Waals surface area (Å²) in [6.45, 7) is 2.06. The summed E-state index contributed by atoms with van der Waals surface area (Å²) in [5.41, 5.74) is -1.27. The van der Waals surface area contributed by atoms with Crippen molar-refractivity contribution in [1.82, 2.24) is 4.90 Å². The van der Waals surface area contributed by atoms with Crippen molar-refractivity contribution in [1.29, 1.82) is 0 Å². The molecule has 0 aliphatic carbocycles. The number of alkyl halides is 4. The first-order chi connectivity index (χ1) is 16.0. The van der Waals surface area contributed by atoms with Crippen molar-refractivity contribution in [3.05, 3.63) is 72.1 Å². The molecule has 0 spiro atoms. The third kappa shape index (κ3) is 6.92. The fourth-order valence-corrected chi connectivity index (χ4v) is 2.93. The van der Waals surface area contributed by atoms with Crippen LogP contribution in [0.3, 0.4) is 0 Å². The second-order valence-corrected chi connectivity index (χ2v) is 8.09. The van der Waals surface area contributed by atoms with Crippen molar-refractivity contribution >= 4 is 40.6 Å². The molecule has 7 nitrogen and oxygen atoms in total. The zero-order chi connectivity index (χ0) is 24.9. The highest BCUT2D eigenvalue weighted by Gasteiger charge is 2.34. The predicted molar refractivity (Wildman–Crippen MR) is 125 cm³/mol. The van der Waals surface area contributed by atoms with E-state index in [1.165, 1.54) is 13.0 Å². The molecular formula is C23H22ClF3N4O3. The number of anilines is 3. The number of allylic oxidation sites excluding steroid dienone is 1. The van der Waals surface area contributed by atoms with E-state index >= 15 is 0 Å². The number of ether oxygens (including phenoxy) is 1. The molecule has 3 rings (SSSR count). The second-order valence-electron chi connectivity index (χ2n) is 7.43. The Morgan fingerprint density at radius 1 is 1.06 bits per heavy atom. The molecule has 11 heteroatoms. The van der Waals surface area contributed by atoms with Gasteiger partial charge in [-0.15, -0.1) is 11.6 Å². The number of urea groups is 1. The van der Waals surface area contributed by atoms with Gasteiger partial charge in [-0.2, -0.15) is 13.2 Å². The number of hydrogen-bond acceptors (Lipinski definition) is 4. The van der Waals surface area contributed by atoms with Crippen LogP contribution in [0, 0.1) is 0 Å².